The second-order valence-corrected chi connectivity index (χ2v) is 4.79. The van der Waals surface area contributed by atoms with Crippen LogP contribution in [0, 0.1) is 0 Å². The van der Waals surface area contributed by atoms with Crippen LogP contribution in [0.25, 0.3) is 0 Å². The van der Waals surface area contributed by atoms with Gasteiger partial charge >= 0.3 is 0 Å². The normalized spacial score (nSPS) is 11.8. The molecule has 0 unspecified atom stereocenters. The van der Waals surface area contributed by atoms with Crippen molar-refractivity contribution in [2.45, 2.75) is 32.4 Å². The van der Waals surface area contributed by atoms with Crippen molar-refractivity contribution in [1.29, 1.82) is 0 Å². The lowest BCUT2D eigenvalue weighted by Gasteiger charge is -2.16. The largest absolute Gasteiger partial charge is 0.313 e. The summed E-state index contributed by atoms with van der Waals surface area (Å²) < 4.78 is 29.5. The van der Waals surface area contributed by atoms with Crippen LogP contribution in [0.15, 0.2) is 42.7 Å². The van der Waals surface area contributed by atoms with Crippen molar-refractivity contribution in [2.24, 2.45) is 0 Å². The highest BCUT2D eigenvalue weighted by atomic mass is 19.3. The number of hydrogen-bond donors (Lipinski definition) is 1. The first-order chi connectivity index (χ1) is 9.62. The molecule has 2 aromatic rings. The van der Waals surface area contributed by atoms with Gasteiger partial charge < -0.3 is 5.32 Å². The van der Waals surface area contributed by atoms with Crippen molar-refractivity contribution in [3.63, 3.8) is 0 Å². The smallest absolute Gasteiger partial charge is 0.292 e. The molecule has 20 heavy (non-hydrogen) atoms. The number of benzene rings is 1. The van der Waals surface area contributed by atoms with Crippen LogP contribution in [-0.2, 0) is 19.0 Å². The topological polar surface area (TPSA) is 29.9 Å². The van der Waals surface area contributed by atoms with Crippen LogP contribution in [0.2, 0.25) is 0 Å². The number of nitrogens with zero attached hydrogens (tertiary/aromatic N) is 2. The van der Waals surface area contributed by atoms with Crippen LogP contribution >= 0.6 is 0 Å². The van der Waals surface area contributed by atoms with Crippen molar-refractivity contribution in [3.05, 3.63) is 53.9 Å². The first kappa shape index (κ1) is 14.7. The minimum absolute atomic E-state index is 0.0150. The Morgan fingerprint density at radius 2 is 2.00 bits per heavy atom. The maximum atomic E-state index is 14.1. The molecule has 3 nitrogen and oxygen atoms in total. The van der Waals surface area contributed by atoms with Crippen LogP contribution in [0.5, 0.6) is 0 Å². The van der Waals surface area contributed by atoms with E-state index in [0.29, 0.717) is 6.54 Å². The van der Waals surface area contributed by atoms with Gasteiger partial charge in [-0.05, 0) is 13.0 Å². The number of rotatable bonds is 7. The first-order valence-corrected chi connectivity index (χ1v) is 6.77. The van der Waals surface area contributed by atoms with E-state index in [1.54, 1.807) is 30.6 Å². The molecule has 0 saturated heterocycles. The van der Waals surface area contributed by atoms with E-state index in [2.05, 4.69) is 17.3 Å². The molecule has 0 aliphatic heterocycles. The fourth-order valence-corrected chi connectivity index (χ4v) is 1.97. The van der Waals surface area contributed by atoms with Gasteiger partial charge in [0.05, 0.1) is 6.20 Å². The second kappa shape index (κ2) is 6.61. The summed E-state index contributed by atoms with van der Waals surface area (Å²) in [6.07, 6.45) is 4.34. The lowest BCUT2D eigenvalue weighted by atomic mass is 10.1. The Kier molecular flexibility index (Phi) is 4.84. The molecular weight excluding hydrogens is 260 g/mol. The summed E-state index contributed by atoms with van der Waals surface area (Å²) in [5.74, 6) is -2.92. The van der Waals surface area contributed by atoms with Crippen molar-refractivity contribution < 1.29 is 8.78 Å². The first-order valence-electron chi connectivity index (χ1n) is 6.77. The van der Waals surface area contributed by atoms with Gasteiger partial charge in [0, 0.05) is 23.9 Å². The number of alkyl halides is 2. The lowest BCUT2D eigenvalue weighted by molar-refractivity contribution is -0.0254. The standard InChI is InChI=1S/C15H19F2N3/c1-2-8-18-9-13-10-19-20(11-13)12-15(16,17)14-6-4-3-5-7-14/h3-7,10-11,18H,2,8-9,12H2,1H3. The molecule has 0 radical (unpaired) electrons. The van der Waals surface area contributed by atoms with E-state index in [1.807, 2.05) is 0 Å². The molecule has 1 heterocycles. The van der Waals surface area contributed by atoms with Crippen molar-refractivity contribution in [1.82, 2.24) is 15.1 Å². The number of nitrogens with one attached hydrogen (secondary N) is 1. The third kappa shape index (κ3) is 3.87. The molecule has 108 valence electrons. The molecule has 0 bridgehead atoms. The third-order valence-corrected chi connectivity index (χ3v) is 3.00. The van der Waals surface area contributed by atoms with Crippen molar-refractivity contribution >= 4 is 0 Å². The van der Waals surface area contributed by atoms with E-state index in [4.69, 9.17) is 0 Å². The Balaban J connectivity index is 1.99. The van der Waals surface area contributed by atoms with E-state index < -0.39 is 12.5 Å². The van der Waals surface area contributed by atoms with Gasteiger partial charge in [-0.1, -0.05) is 37.3 Å². The summed E-state index contributed by atoms with van der Waals surface area (Å²) in [6.45, 7) is 3.21. The zero-order valence-corrected chi connectivity index (χ0v) is 11.5. The minimum atomic E-state index is -2.92. The van der Waals surface area contributed by atoms with Gasteiger partial charge in [0.1, 0.15) is 6.54 Å². The van der Waals surface area contributed by atoms with Crippen LogP contribution in [0.3, 0.4) is 0 Å². The van der Waals surface area contributed by atoms with Gasteiger partial charge in [-0.3, -0.25) is 4.68 Å². The fourth-order valence-electron chi connectivity index (χ4n) is 1.97. The van der Waals surface area contributed by atoms with E-state index in [0.717, 1.165) is 18.5 Å². The molecule has 1 aromatic carbocycles. The Labute approximate surface area is 117 Å². The highest BCUT2D eigenvalue weighted by molar-refractivity contribution is 5.19. The zero-order valence-electron chi connectivity index (χ0n) is 11.5. The highest BCUT2D eigenvalue weighted by Gasteiger charge is 2.32. The summed E-state index contributed by atoms with van der Waals surface area (Å²) in [5.41, 5.74) is 0.934. The maximum absolute atomic E-state index is 14.1. The lowest BCUT2D eigenvalue weighted by Crippen LogP contribution is -2.21. The minimum Gasteiger partial charge on any atom is -0.313 e. The van der Waals surface area contributed by atoms with Gasteiger partial charge in [-0.2, -0.15) is 13.9 Å². The van der Waals surface area contributed by atoms with Crippen molar-refractivity contribution in [3.8, 4) is 0 Å². The SMILES string of the molecule is CCCNCc1cnn(CC(F)(F)c2ccccc2)c1. The molecule has 0 amide bonds. The van der Waals surface area contributed by atoms with Gasteiger partial charge in [0.15, 0.2) is 0 Å². The average molecular weight is 279 g/mol. The zero-order chi connectivity index (χ0) is 14.4. The van der Waals surface area contributed by atoms with Gasteiger partial charge in [0.2, 0.25) is 0 Å². The fraction of sp³-hybridized carbons (Fsp3) is 0.400. The Bertz CT molecular complexity index is 523. The molecule has 2 rings (SSSR count). The van der Waals surface area contributed by atoms with Gasteiger partial charge in [0.25, 0.3) is 5.92 Å². The van der Waals surface area contributed by atoms with E-state index in [-0.39, 0.29) is 5.56 Å². The molecule has 1 aromatic heterocycles. The quantitative estimate of drug-likeness (QED) is 0.789. The Morgan fingerprint density at radius 3 is 2.70 bits per heavy atom. The second-order valence-electron chi connectivity index (χ2n) is 4.79. The van der Waals surface area contributed by atoms with E-state index in [1.165, 1.54) is 16.8 Å². The summed E-state index contributed by atoms with van der Waals surface area (Å²) in [4.78, 5) is 0. The van der Waals surface area contributed by atoms with Crippen LogP contribution in [-0.4, -0.2) is 16.3 Å². The maximum Gasteiger partial charge on any atom is 0.292 e. The third-order valence-electron chi connectivity index (χ3n) is 3.00. The van der Waals surface area contributed by atoms with E-state index >= 15 is 0 Å². The summed E-state index contributed by atoms with van der Waals surface area (Å²) in [6, 6.07) is 7.84. The highest BCUT2D eigenvalue weighted by Crippen LogP contribution is 2.29. The van der Waals surface area contributed by atoms with Crippen LogP contribution in [0.4, 0.5) is 8.78 Å². The molecule has 1 N–H and O–H groups in total. The predicted molar refractivity (Wildman–Crippen MR) is 74.6 cm³/mol. The van der Waals surface area contributed by atoms with E-state index in [9.17, 15) is 8.78 Å². The average Bonchev–Trinajstić information content (AvgIpc) is 2.87. The molecule has 0 aliphatic carbocycles. The molecule has 5 heteroatoms. The molecule has 0 fully saturated rings. The summed E-state index contributed by atoms with van der Waals surface area (Å²) >= 11 is 0. The number of hydrogen-bond acceptors (Lipinski definition) is 2. The molecule has 0 atom stereocenters. The molecular formula is C15H19F2N3. The monoisotopic (exact) mass is 279 g/mol. The summed E-state index contributed by atoms with van der Waals surface area (Å²) in [7, 11) is 0. The Hall–Kier alpha value is -1.75. The van der Waals surface area contributed by atoms with Gasteiger partial charge in [-0.25, -0.2) is 0 Å². The number of aromatic nitrogens is 2. The predicted octanol–water partition coefficient (Wildman–Crippen LogP) is 3.17. The Morgan fingerprint density at radius 1 is 1.25 bits per heavy atom. The molecule has 0 aliphatic rings. The molecule has 0 saturated carbocycles. The van der Waals surface area contributed by atoms with Crippen LogP contribution < -0.4 is 5.32 Å². The van der Waals surface area contributed by atoms with Crippen molar-refractivity contribution in [2.75, 3.05) is 6.54 Å². The molecule has 0 spiro atoms. The van der Waals surface area contributed by atoms with Crippen LogP contribution in [0.1, 0.15) is 24.5 Å². The van der Waals surface area contributed by atoms with Gasteiger partial charge in [-0.15, -0.1) is 0 Å². The summed E-state index contributed by atoms with van der Waals surface area (Å²) in [5, 5.41) is 7.22. The number of halogens is 2.